The lowest BCUT2D eigenvalue weighted by molar-refractivity contribution is 0.0638. The number of rotatable bonds is 5. The van der Waals surface area contributed by atoms with Crippen LogP contribution in [0.1, 0.15) is 18.9 Å². The SMILES string of the molecule is CC(CC1COCCN1)N(C)Cc1ccsc1. The second-order valence-electron chi connectivity index (χ2n) is 4.86. The maximum absolute atomic E-state index is 5.49. The lowest BCUT2D eigenvalue weighted by Crippen LogP contribution is -2.45. The number of ether oxygens (including phenoxy) is 1. The highest BCUT2D eigenvalue weighted by atomic mass is 32.1. The highest BCUT2D eigenvalue weighted by molar-refractivity contribution is 7.07. The van der Waals surface area contributed by atoms with E-state index in [2.05, 4.69) is 41.0 Å². The van der Waals surface area contributed by atoms with E-state index in [4.69, 9.17) is 4.74 Å². The molecule has 1 N–H and O–H groups in total. The van der Waals surface area contributed by atoms with Crippen LogP contribution in [-0.4, -0.2) is 43.8 Å². The Hall–Kier alpha value is -0.420. The fourth-order valence-electron chi connectivity index (χ4n) is 2.19. The first-order valence-electron chi connectivity index (χ1n) is 6.28. The first kappa shape index (κ1) is 13.0. The zero-order valence-electron chi connectivity index (χ0n) is 10.7. The van der Waals surface area contributed by atoms with E-state index in [1.165, 1.54) is 5.56 Å². The van der Waals surface area contributed by atoms with Gasteiger partial charge in [-0.3, -0.25) is 4.90 Å². The Balaban J connectivity index is 1.76. The molecule has 1 fully saturated rings. The summed E-state index contributed by atoms with van der Waals surface area (Å²) in [6.07, 6.45) is 1.15. The topological polar surface area (TPSA) is 24.5 Å². The molecule has 2 rings (SSSR count). The van der Waals surface area contributed by atoms with Crippen LogP contribution in [0.4, 0.5) is 0 Å². The molecule has 2 atom stereocenters. The van der Waals surface area contributed by atoms with E-state index in [1.807, 2.05) is 0 Å². The molecule has 0 radical (unpaired) electrons. The van der Waals surface area contributed by atoms with Gasteiger partial charge in [0.1, 0.15) is 0 Å². The summed E-state index contributed by atoms with van der Waals surface area (Å²) in [5, 5.41) is 7.88. The summed E-state index contributed by atoms with van der Waals surface area (Å²) in [4.78, 5) is 2.42. The Kier molecular flexibility index (Phi) is 4.98. The van der Waals surface area contributed by atoms with Crippen LogP contribution in [0.15, 0.2) is 16.8 Å². The van der Waals surface area contributed by atoms with Crippen molar-refractivity contribution < 1.29 is 4.74 Å². The molecule has 1 aromatic heterocycles. The van der Waals surface area contributed by atoms with Crippen LogP contribution in [-0.2, 0) is 11.3 Å². The molecule has 1 saturated heterocycles. The maximum atomic E-state index is 5.49. The van der Waals surface area contributed by atoms with Crippen LogP contribution >= 0.6 is 11.3 Å². The largest absolute Gasteiger partial charge is 0.379 e. The molecule has 0 aromatic carbocycles. The molecular weight excluding hydrogens is 232 g/mol. The lowest BCUT2D eigenvalue weighted by Gasteiger charge is -2.30. The normalized spacial score (nSPS) is 22.9. The number of hydrogen-bond donors (Lipinski definition) is 1. The van der Waals surface area contributed by atoms with Crippen molar-refractivity contribution in [3.63, 3.8) is 0 Å². The van der Waals surface area contributed by atoms with Gasteiger partial charge in [-0.2, -0.15) is 11.3 Å². The molecule has 1 aliphatic rings. The molecule has 1 aromatic rings. The highest BCUT2D eigenvalue weighted by Gasteiger charge is 2.18. The van der Waals surface area contributed by atoms with Crippen molar-refractivity contribution in [2.24, 2.45) is 0 Å². The van der Waals surface area contributed by atoms with Crippen molar-refractivity contribution in [3.8, 4) is 0 Å². The predicted octanol–water partition coefficient (Wildman–Crippen LogP) is 1.95. The number of thiophene rings is 1. The minimum Gasteiger partial charge on any atom is -0.379 e. The summed E-state index contributed by atoms with van der Waals surface area (Å²) in [7, 11) is 2.20. The van der Waals surface area contributed by atoms with Crippen molar-refractivity contribution in [1.29, 1.82) is 0 Å². The van der Waals surface area contributed by atoms with Gasteiger partial charge in [0.15, 0.2) is 0 Å². The zero-order valence-corrected chi connectivity index (χ0v) is 11.5. The average Bonchev–Trinajstić information content (AvgIpc) is 2.83. The van der Waals surface area contributed by atoms with E-state index in [1.54, 1.807) is 11.3 Å². The summed E-state index contributed by atoms with van der Waals surface area (Å²) in [5.74, 6) is 0. The van der Waals surface area contributed by atoms with E-state index < -0.39 is 0 Å². The molecule has 4 heteroatoms. The Morgan fingerprint density at radius 2 is 2.53 bits per heavy atom. The van der Waals surface area contributed by atoms with Crippen molar-refractivity contribution in [2.75, 3.05) is 26.8 Å². The molecule has 0 aliphatic carbocycles. The second kappa shape index (κ2) is 6.50. The third-order valence-corrected chi connectivity index (χ3v) is 4.12. The van der Waals surface area contributed by atoms with Crippen LogP contribution < -0.4 is 5.32 Å². The van der Waals surface area contributed by atoms with Gasteiger partial charge >= 0.3 is 0 Å². The van der Waals surface area contributed by atoms with Crippen LogP contribution in [0.25, 0.3) is 0 Å². The Labute approximate surface area is 108 Å². The highest BCUT2D eigenvalue weighted by Crippen LogP contribution is 2.13. The number of morpholine rings is 1. The lowest BCUT2D eigenvalue weighted by atomic mass is 10.1. The molecule has 96 valence electrons. The molecule has 2 heterocycles. The van der Waals surface area contributed by atoms with Crippen molar-refractivity contribution in [3.05, 3.63) is 22.4 Å². The van der Waals surface area contributed by atoms with E-state index in [9.17, 15) is 0 Å². The van der Waals surface area contributed by atoms with Gasteiger partial charge in [-0.05, 0) is 42.8 Å². The molecule has 1 aliphatic heterocycles. The summed E-state index contributed by atoms with van der Waals surface area (Å²) in [5.41, 5.74) is 1.41. The molecule has 3 nitrogen and oxygen atoms in total. The van der Waals surface area contributed by atoms with Gasteiger partial charge in [-0.25, -0.2) is 0 Å². The van der Waals surface area contributed by atoms with Gasteiger partial charge in [0, 0.05) is 25.2 Å². The molecule has 2 unspecified atom stereocenters. The van der Waals surface area contributed by atoms with Gasteiger partial charge in [0.25, 0.3) is 0 Å². The molecule has 0 amide bonds. The van der Waals surface area contributed by atoms with Crippen molar-refractivity contribution in [2.45, 2.75) is 32.0 Å². The van der Waals surface area contributed by atoms with Gasteiger partial charge < -0.3 is 10.1 Å². The third kappa shape index (κ3) is 4.07. The van der Waals surface area contributed by atoms with E-state index in [-0.39, 0.29) is 0 Å². The minimum absolute atomic E-state index is 0.517. The number of nitrogens with one attached hydrogen (secondary N) is 1. The summed E-state index contributed by atoms with van der Waals surface area (Å²) >= 11 is 1.77. The predicted molar refractivity (Wildman–Crippen MR) is 72.5 cm³/mol. The standard InChI is InChI=1S/C13H22N2OS/c1-11(7-13-9-16-5-4-14-13)15(2)8-12-3-6-17-10-12/h3,6,10-11,13-14H,4-5,7-9H2,1-2H3. The fraction of sp³-hybridized carbons (Fsp3) is 0.692. The molecular formula is C13H22N2OS. The number of nitrogens with zero attached hydrogens (tertiary/aromatic N) is 1. The van der Waals surface area contributed by atoms with Crippen LogP contribution in [0.5, 0.6) is 0 Å². The first-order valence-corrected chi connectivity index (χ1v) is 7.22. The summed E-state index contributed by atoms with van der Waals surface area (Å²) < 4.78 is 5.49. The second-order valence-corrected chi connectivity index (χ2v) is 5.64. The van der Waals surface area contributed by atoms with Crippen molar-refractivity contribution in [1.82, 2.24) is 10.2 Å². The molecule has 0 spiro atoms. The molecule has 0 bridgehead atoms. The first-order chi connectivity index (χ1) is 8.25. The summed E-state index contributed by atoms with van der Waals surface area (Å²) in [6.45, 7) is 6.04. The van der Waals surface area contributed by atoms with Gasteiger partial charge in [-0.1, -0.05) is 0 Å². The van der Waals surface area contributed by atoms with Crippen LogP contribution in [0, 0.1) is 0 Å². The third-order valence-electron chi connectivity index (χ3n) is 3.39. The Morgan fingerprint density at radius 1 is 1.65 bits per heavy atom. The van der Waals surface area contributed by atoms with E-state index in [0.717, 1.165) is 32.7 Å². The zero-order chi connectivity index (χ0) is 12.1. The summed E-state index contributed by atoms with van der Waals surface area (Å²) in [6, 6.07) is 3.30. The molecule has 0 saturated carbocycles. The van der Waals surface area contributed by atoms with Crippen molar-refractivity contribution >= 4 is 11.3 Å². The quantitative estimate of drug-likeness (QED) is 0.869. The molecule has 17 heavy (non-hydrogen) atoms. The van der Waals surface area contributed by atoms with Gasteiger partial charge in [-0.15, -0.1) is 0 Å². The van der Waals surface area contributed by atoms with Crippen LogP contribution in [0.3, 0.4) is 0 Å². The Bertz CT molecular complexity index is 309. The average molecular weight is 254 g/mol. The minimum atomic E-state index is 0.517. The smallest absolute Gasteiger partial charge is 0.0620 e. The fourth-order valence-corrected chi connectivity index (χ4v) is 2.85. The number of hydrogen-bond acceptors (Lipinski definition) is 4. The van der Waals surface area contributed by atoms with Gasteiger partial charge in [0.05, 0.1) is 13.2 Å². The van der Waals surface area contributed by atoms with Crippen LogP contribution in [0.2, 0.25) is 0 Å². The van der Waals surface area contributed by atoms with Gasteiger partial charge in [0.2, 0.25) is 0 Å². The monoisotopic (exact) mass is 254 g/mol. The Morgan fingerprint density at radius 3 is 3.18 bits per heavy atom. The maximum Gasteiger partial charge on any atom is 0.0620 e. The van der Waals surface area contributed by atoms with E-state index >= 15 is 0 Å². The van der Waals surface area contributed by atoms with E-state index in [0.29, 0.717) is 12.1 Å².